The number of hydrogen-bond acceptors (Lipinski definition) is 1. The Kier molecular flexibility index (Phi) is 3.81. The van der Waals surface area contributed by atoms with Crippen molar-refractivity contribution in [1.82, 2.24) is 9.38 Å². The van der Waals surface area contributed by atoms with E-state index in [0.717, 1.165) is 16.5 Å². The van der Waals surface area contributed by atoms with E-state index in [2.05, 4.69) is 67.2 Å². The summed E-state index contributed by atoms with van der Waals surface area (Å²) in [7, 11) is 0. The van der Waals surface area contributed by atoms with Crippen LogP contribution in [0.25, 0.3) is 5.65 Å². The first kappa shape index (κ1) is 13.6. The lowest BCUT2D eigenvalue weighted by molar-refractivity contribution is 0.626. The normalized spacial score (nSPS) is 12.0. The summed E-state index contributed by atoms with van der Waals surface area (Å²) in [5.41, 5.74) is 4.92. The molecule has 2 nitrogen and oxygen atoms in total. The monoisotopic (exact) mass is 308 g/mol. The fourth-order valence-corrected chi connectivity index (χ4v) is 3.03. The van der Waals surface area contributed by atoms with Crippen LogP contribution >= 0.6 is 15.9 Å². The topological polar surface area (TPSA) is 17.3 Å². The smallest absolute Gasteiger partial charge is 0.140 e. The molecule has 0 aliphatic carbocycles. The molecule has 0 N–H and O–H groups in total. The third kappa shape index (κ3) is 2.46. The zero-order chi connectivity index (χ0) is 13.4. The molecule has 0 saturated carbocycles. The van der Waals surface area contributed by atoms with Gasteiger partial charge < -0.3 is 4.40 Å². The Balaban J connectivity index is 2.71. The lowest BCUT2D eigenvalue weighted by atomic mass is 10.0. The Bertz CT molecular complexity index is 567. The van der Waals surface area contributed by atoms with E-state index < -0.39 is 0 Å². The minimum atomic E-state index is 0.488. The summed E-state index contributed by atoms with van der Waals surface area (Å²) in [5, 5.41) is 0. The van der Waals surface area contributed by atoms with Crippen LogP contribution in [0.4, 0.5) is 0 Å². The summed E-state index contributed by atoms with van der Waals surface area (Å²) in [6, 6.07) is 2.13. The molecule has 98 valence electrons. The van der Waals surface area contributed by atoms with Gasteiger partial charge in [0.15, 0.2) is 0 Å². The maximum atomic E-state index is 4.86. The second-order valence-corrected chi connectivity index (χ2v) is 6.65. The number of fused-ring (bicyclic) bond motifs is 1. The van der Waals surface area contributed by atoms with E-state index in [9.17, 15) is 0 Å². The van der Waals surface area contributed by atoms with Crippen molar-refractivity contribution in [2.24, 2.45) is 5.92 Å². The van der Waals surface area contributed by atoms with E-state index in [-0.39, 0.29) is 0 Å². The number of imidazole rings is 1. The highest BCUT2D eigenvalue weighted by Crippen LogP contribution is 2.27. The van der Waals surface area contributed by atoms with Gasteiger partial charge in [-0.3, -0.25) is 0 Å². The minimum absolute atomic E-state index is 0.488. The zero-order valence-electron chi connectivity index (χ0n) is 11.8. The Hall–Kier alpha value is -0.830. The predicted molar refractivity (Wildman–Crippen MR) is 80.3 cm³/mol. The first-order valence-corrected chi connectivity index (χ1v) is 7.36. The lowest BCUT2D eigenvalue weighted by Gasteiger charge is -2.10. The Morgan fingerprint density at radius 3 is 2.50 bits per heavy atom. The van der Waals surface area contributed by atoms with Gasteiger partial charge in [0.2, 0.25) is 0 Å². The summed E-state index contributed by atoms with van der Waals surface area (Å²) in [4.78, 5) is 4.86. The van der Waals surface area contributed by atoms with Crippen LogP contribution in [-0.2, 0) is 6.42 Å². The number of halogens is 1. The molecule has 0 bridgehead atoms. The van der Waals surface area contributed by atoms with Crippen molar-refractivity contribution in [2.75, 3.05) is 0 Å². The summed E-state index contributed by atoms with van der Waals surface area (Å²) in [5.74, 6) is 1.12. The molecule has 0 saturated heterocycles. The first-order valence-electron chi connectivity index (χ1n) is 6.57. The highest BCUT2D eigenvalue weighted by atomic mass is 79.9. The molecule has 18 heavy (non-hydrogen) atoms. The maximum Gasteiger partial charge on any atom is 0.140 e. The van der Waals surface area contributed by atoms with Crippen LogP contribution in [0.3, 0.4) is 0 Å². The van der Waals surface area contributed by atoms with Crippen molar-refractivity contribution in [3.8, 4) is 0 Å². The van der Waals surface area contributed by atoms with Crippen molar-refractivity contribution in [2.45, 2.75) is 47.0 Å². The van der Waals surface area contributed by atoms with Crippen molar-refractivity contribution in [3.63, 3.8) is 0 Å². The average molecular weight is 309 g/mol. The van der Waals surface area contributed by atoms with Crippen molar-refractivity contribution in [3.05, 3.63) is 33.7 Å². The Morgan fingerprint density at radius 1 is 1.28 bits per heavy atom. The van der Waals surface area contributed by atoms with Crippen molar-refractivity contribution >= 4 is 21.6 Å². The lowest BCUT2D eigenvalue weighted by Crippen LogP contribution is -2.02. The number of aromatic nitrogens is 2. The van der Waals surface area contributed by atoms with Crippen molar-refractivity contribution < 1.29 is 0 Å². The molecular weight excluding hydrogens is 288 g/mol. The van der Waals surface area contributed by atoms with Gasteiger partial charge in [-0.1, -0.05) is 27.7 Å². The molecular formula is C15H21BrN2. The van der Waals surface area contributed by atoms with Gasteiger partial charge in [-0.05, 0) is 52.7 Å². The van der Waals surface area contributed by atoms with Gasteiger partial charge in [0.25, 0.3) is 0 Å². The highest BCUT2D eigenvalue weighted by molar-refractivity contribution is 9.10. The molecule has 2 aromatic rings. The standard InChI is InChI=1S/C15H21BrN2/c1-9(2)6-13-14(10(3)4)18-8-12(16)7-11(5)15(18)17-13/h7-10H,6H2,1-5H3. The average Bonchev–Trinajstić information content (AvgIpc) is 2.54. The van der Waals surface area contributed by atoms with E-state index in [4.69, 9.17) is 4.98 Å². The summed E-state index contributed by atoms with van der Waals surface area (Å²) in [6.07, 6.45) is 3.18. The quantitative estimate of drug-likeness (QED) is 0.801. The van der Waals surface area contributed by atoms with Gasteiger partial charge in [0.1, 0.15) is 5.65 Å². The molecule has 0 unspecified atom stereocenters. The minimum Gasteiger partial charge on any atom is -0.302 e. The zero-order valence-corrected chi connectivity index (χ0v) is 13.4. The van der Waals surface area contributed by atoms with Crippen molar-refractivity contribution in [1.29, 1.82) is 0 Å². The van der Waals surface area contributed by atoms with Gasteiger partial charge in [-0.2, -0.15) is 0 Å². The van der Waals surface area contributed by atoms with Gasteiger partial charge >= 0.3 is 0 Å². The third-order valence-corrected chi connectivity index (χ3v) is 3.57. The molecule has 2 heterocycles. The molecule has 3 heteroatoms. The number of aryl methyl sites for hydroxylation is 1. The van der Waals surface area contributed by atoms with E-state index in [0.29, 0.717) is 11.8 Å². The van der Waals surface area contributed by atoms with Crippen LogP contribution in [0, 0.1) is 12.8 Å². The molecule has 0 atom stereocenters. The number of pyridine rings is 1. The Morgan fingerprint density at radius 2 is 1.94 bits per heavy atom. The van der Waals surface area contributed by atoms with Crippen LogP contribution in [0.5, 0.6) is 0 Å². The maximum absolute atomic E-state index is 4.86. The number of rotatable bonds is 3. The Labute approximate surface area is 118 Å². The summed E-state index contributed by atoms with van der Waals surface area (Å²) >= 11 is 3.58. The van der Waals surface area contributed by atoms with Crippen LogP contribution in [0.1, 0.15) is 50.6 Å². The van der Waals surface area contributed by atoms with Crippen LogP contribution < -0.4 is 0 Å². The van der Waals surface area contributed by atoms with E-state index >= 15 is 0 Å². The molecule has 0 radical (unpaired) electrons. The van der Waals surface area contributed by atoms with Crippen LogP contribution in [0.15, 0.2) is 16.7 Å². The molecule has 2 aromatic heterocycles. The molecule has 0 aliphatic heterocycles. The van der Waals surface area contributed by atoms with E-state index in [1.54, 1.807) is 0 Å². The van der Waals surface area contributed by atoms with Crippen LogP contribution in [-0.4, -0.2) is 9.38 Å². The molecule has 0 amide bonds. The fraction of sp³-hybridized carbons (Fsp3) is 0.533. The SMILES string of the molecule is Cc1cc(Br)cn2c(C(C)C)c(CC(C)C)nc12. The summed E-state index contributed by atoms with van der Waals surface area (Å²) < 4.78 is 3.37. The van der Waals surface area contributed by atoms with Gasteiger partial charge in [0.05, 0.1) is 5.69 Å². The van der Waals surface area contributed by atoms with Gasteiger partial charge in [0, 0.05) is 16.4 Å². The third-order valence-electron chi connectivity index (χ3n) is 3.13. The molecule has 2 rings (SSSR count). The summed E-state index contributed by atoms with van der Waals surface area (Å²) in [6.45, 7) is 11.1. The number of nitrogens with zero attached hydrogens (tertiary/aromatic N) is 2. The second kappa shape index (κ2) is 5.04. The van der Waals surface area contributed by atoms with E-state index in [1.165, 1.54) is 17.0 Å². The van der Waals surface area contributed by atoms with E-state index in [1.807, 2.05) is 0 Å². The van der Waals surface area contributed by atoms with Crippen LogP contribution in [0.2, 0.25) is 0 Å². The molecule has 0 aliphatic rings. The first-order chi connectivity index (χ1) is 8.40. The molecule has 0 spiro atoms. The second-order valence-electron chi connectivity index (χ2n) is 5.73. The van der Waals surface area contributed by atoms with Gasteiger partial charge in [-0.25, -0.2) is 4.98 Å². The predicted octanol–water partition coefficient (Wildman–Crippen LogP) is 4.73. The highest BCUT2D eigenvalue weighted by Gasteiger charge is 2.17. The largest absolute Gasteiger partial charge is 0.302 e. The van der Waals surface area contributed by atoms with Gasteiger partial charge in [-0.15, -0.1) is 0 Å². The number of hydrogen-bond donors (Lipinski definition) is 0. The molecule has 0 fully saturated rings. The fourth-order valence-electron chi connectivity index (χ4n) is 2.48. The molecule has 0 aromatic carbocycles.